The lowest BCUT2D eigenvalue weighted by molar-refractivity contribution is -0.146. The van der Waals surface area contributed by atoms with Gasteiger partial charge >= 0.3 is 0 Å². The number of hydrogen-bond donors (Lipinski definition) is 1. The maximum absolute atomic E-state index is 14.0. The summed E-state index contributed by atoms with van der Waals surface area (Å²) in [6.07, 6.45) is 2.24. The summed E-state index contributed by atoms with van der Waals surface area (Å²) in [6.45, 7) is 3.91. The van der Waals surface area contributed by atoms with Crippen molar-refractivity contribution in [2.45, 2.75) is 36.8 Å². The van der Waals surface area contributed by atoms with E-state index in [9.17, 15) is 14.4 Å². The van der Waals surface area contributed by atoms with Crippen molar-refractivity contribution in [3.05, 3.63) is 120 Å². The average Bonchev–Trinajstić information content (AvgIpc) is 3.79. The summed E-state index contributed by atoms with van der Waals surface area (Å²) in [4.78, 5) is 55.9. The van der Waals surface area contributed by atoms with E-state index in [4.69, 9.17) is 14.5 Å². The molecule has 3 saturated heterocycles. The van der Waals surface area contributed by atoms with Crippen LogP contribution in [0.25, 0.3) is 0 Å². The lowest BCUT2D eigenvalue weighted by Crippen LogP contribution is -2.45. The lowest BCUT2D eigenvalue weighted by Gasteiger charge is -2.28. The first-order valence-electron chi connectivity index (χ1n) is 17.2. The van der Waals surface area contributed by atoms with E-state index >= 15 is 0 Å². The first kappa shape index (κ1) is 34.4. The molecule has 4 aromatic rings. The molecule has 4 heterocycles. The molecule has 7 rings (SSSR count). The van der Waals surface area contributed by atoms with Crippen LogP contribution in [0.15, 0.2) is 108 Å². The molecule has 0 aliphatic carbocycles. The third kappa shape index (κ3) is 7.83. The number of amidine groups is 1. The van der Waals surface area contributed by atoms with Crippen molar-refractivity contribution in [2.24, 2.45) is 4.99 Å². The number of carbonyl (C=O) groups is 3. The molecule has 1 aromatic heterocycles. The molecule has 3 fully saturated rings. The number of rotatable bonds is 10. The van der Waals surface area contributed by atoms with Gasteiger partial charge < -0.3 is 24.6 Å². The van der Waals surface area contributed by atoms with Crippen LogP contribution >= 0.6 is 11.8 Å². The molecule has 0 saturated carbocycles. The number of carbonyl (C=O) groups excluding carboxylic acids is 3. The van der Waals surface area contributed by atoms with Gasteiger partial charge in [-0.2, -0.15) is 0 Å². The van der Waals surface area contributed by atoms with Gasteiger partial charge in [-0.05, 0) is 72.5 Å². The summed E-state index contributed by atoms with van der Waals surface area (Å²) in [6, 6.07) is 29.7. The molecule has 51 heavy (non-hydrogen) atoms. The van der Waals surface area contributed by atoms with Crippen LogP contribution in [0.1, 0.15) is 41.0 Å². The van der Waals surface area contributed by atoms with Gasteiger partial charge in [0.1, 0.15) is 11.3 Å². The fourth-order valence-corrected chi connectivity index (χ4v) is 7.82. The van der Waals surface area contributed by atoms with Gasteiger partial charge in [-0.3, -0.25) is 24.3 Å². The largest absolute Gasteiger partial charge is 0.378 e. The van der Waals surface area contributed by atoms with E-state index in [-0.39, 0.29) is 17.7 Å². The second kappa shape index (κ2) is 15.9. The summed E-state index contributed by atoms with van der Waals surface area (Å²) < 4.78 is 11.0. The maximum atomic E-state index is 14.0. The number of aliphatic imine (C=N–C) groups is 1. The number of pyridine rings is 1. The first-order valence-corrected chi connectivity index (χ1v) is 18.0. The van der Waals surface area contributed by atoms with Gasteiger partial charge in [0.05, 0.1) is 31.1 Å². The van der Waals surface area contributed by atoms with Gasteiger partial charge in [0, 0.05) is 44.3 Å². The van der Waals surface area contributed by atoms with Crippen molar-refractivity contribution < 1.29 is 23.9 Å². The average molecular weight is 705 g/mol. The van der Waals surface area contributed by atoms with Crippen LogP contribution in [0.3, 0.4) is 0 Å². The van der Waals surface area contributed by atoms with Crippen LogP contribution in [0, 0.1) is 0 Å². The van der Waals surface area contributed by atoms with Gasteiger partial charge in [-0.1, -0.05) is 60.3 Å². The number of morpholine rings is 1. The fourth-order valence-electron chi connectivity index (χ4n) is 6.65. The number of nitrogens with zero attached hydrogens (tertiary/aromatic N) is 5. The smallest absolute Gasteiger partial charge is 0.257 e. The van der Waals surface area contributed by atoms with E-state index < -0.39 is 17.4 Å². The normalized spacial score (nSPS) is 20.5. The minimum atomic E-state index is -0.777. The monoisotopic (exact) mass is 704 g/mol. The Hall–Kier alpha value is -5.04. The van der Waals surface area contributed by atoms with Crippen LogP contribution in [-0.2, 0) is 30.4 Å². The molecule has 11 nitrogen and oxygen atoms in total. The van der Waals surface area contributed by atoms with Gasteiger partial charge in [0.15, 0.2) is 11.3 Å². The summed E-state index contributed by atoms with van der Waals surface area (Å²) in [5, 5.41) is 3.07. The van der Waals surface area contributed by atoms with Crippen molar-refractivity contribution in [2.75, 3.05) is 50.2 Å². The molecule has 1 N–H and O–H groups in total. The Balaban J connectivity index is 1.05. The van der Waals surface area contributed by atoms with Gasteiger partial charge in [-0.15, -0.1) is 0 Å². The highest BCUT2D eigenvalue weighted by Crippen LogP contribution is 2.41. The SMILES string of the molecule is CO[C@H](C(=O)N1CCC[C@@H]1C(=O)Nc1ccc(C2SC(=Nc3ccc(N4CCOCC4)cc3)N(Cc3ccccn3)C2=O)cc1)c1ccccc1. The molecule has 1 unspecified atom stereocenters. The summed E-state index contributed by atoms with van der Waals surface area (Å²) in [7, 11) is 1.51. The Labute approximate surface area is 301 Å². The van der Waals surface area contributed by atoms with Crippen molar-refractivity contribution >= 4 is 51.7 Å². The number of methoxy groups -OCH3 is 1. The van der Waals surface area contributed by atoms with E-state index in [1.165, 1.54) is 18.9 Å². The highest BCUT2D eigenvalue weighted by molar-refractivity contribution is 8.15. The standard InChI is InChI=1S/C39H40N6O5S/c1-49-34(27-8-3-2-4-9-27)37(47)44-21-7-11-33(44)36(46)41-29-14-12-28(13-15-29)35-38(48)45(26-31-10-5-6-20-40-31)39(51-35)42-30-16-18-32(19-17-30)43-22-24-50-25-23-43/h2-6,8-10,12-20,33-35H,7,11,21-26H2,1H3,(H,41,46)/t33-,34+,35?/m1/s1. The Morgan fingerprint density at radius 2 is 1.71 bits per heavy atom. The minimum absolute atomic E-state index is 0.0858. The number of thioether (sulfide) groups is 1. The van der Waals surface area contributed by atoms with E-state index in [0.717, 1.165) is 47.7 Å². The zero-order valence-corrected chi connectivity index (χ0v) is 29.2. The molecular formula is C39H40N6O5S. The quantitative estimate of drug-likeness (QED) is 0.222. The molecule has 0 spiro atoms. The predicted octanol–water partition coefficient (Wildman–Crippen LogP) is 5.74. The van der Waals surface area contributed by atoms with Crippen LogP contribution < -0.4 is 10.2 Å². The highest BCUT2D eigenvalue weighted by Gasteiger charge is 2.40. The molecule has 3 aliphatic heterocycles. The number of nitrogens with one attached hydrogen (secondary N) is 1. The zero-order valence-electron chi connectivity index (χ0n) is 28.4. The molecule has 12 heteroatoms. The van der Waals surface area contributed by atoms with Gasteiger partial charge in [0.25, 0.3) is 5.91 Å². The first-order chi connectivity index (χ1) is 25.0. The highest BCUT2D eigenvalue weighted by atomic mass is 32.2. The van der Waals surface area contributed by atoms with E-state index in [1.807, 2.05) is 72.8 Å². The molecular weight excluding hydrogens is 665 g/mol. The third-order valence-electron chi connectivity index (χ3n) is 9.32. The molecule has 3 aliphatic rings. The van der Waals surface area contributed by atoms with Crippen molar-refractivity contribution in [3.8, 4) is 0 Å². The number of benzene rings is 3. The molecule has 262 valence electrons. The molecule has 3 amide bonds. The number of ether oxygens (including phenoxy) is 2. The number of hydrogen-bond acceptors (Lipinski definition) is 9. The van der Waals surface area contributed by atoms with Gasteiger partial charge in [0.2, 0.25) is 11.8 Å². The number of likely N-dealkylation sites (tertiary alicyclic amines) is 1. The van der Waals surface area contributed by atoms with Gasteiger partial charge in [-0.25, -0.2) is 4.99 Å². The van der Waals surface area contributed by atoms with Crippen molar-refractivity contribution in [1.82, 2.24) is 14.8 Å². The van der Waals surface area contributed by atoms with Crippen LogP contribution in [0.2, 0.25) is 0 Å². The second-order valence-corrected chi connectivity index (χ2v) is 13.7. The van der Waals surface area contributed by atoms with Crippen LogP contribution in [-0.4, -0.2) is 83.7 Å². The van der Waals surface area contributed by atoms with Crippen LogP contribution in [0.4, 0.5) is 17.1 Å². The molecule has 3 aromatic carbocycles. The Morgan fingerprint density at radius 3 is 2.41 bits per heavy atom. The molecule has 0 bridgehead atoms. The number of amides is 3. The molecule has 3 atom stereocenters. The predicted molar refractivity (Wildman–Crippen MR) is 198 cm³/mol. The van der Waals surface area contributed by atoms with E-state index in [2.05, 4.69) is 27.3 Å². The fraction of sp³-hybridized carbons (Fsp3) is 0.308. The number of anilines is 2. The Morgan fingerprint density at radius 1 is 0.961 bits per heavy atom. The summed E-state index contributed by atoms with van der Waals surface area (Å²) in [5.41, 5.74) is 4.77. The second-order valence-electron chi connectivity index (χ2n) is 12.6. The topological polar surface area (TPSA) is 117 Å². The summed E-state index contributed by atoms with van der Waals surface area (Å²) in [5.74, 6) is -0.565. The zero-order chi connectivity index (χ0) is 35.2. The lowest BCUT2D eigenvalue weighted by atomic mass is 10.1. The van der Waals surface area contributed by atoms with E-state index in [1.54, 1.807) is 28.1 Å². The van der Waals surface area contributed by atoms with E-state index in [0.29, 0.717) is 43.6 Å². The maximum Gasteiger partial charge on any atom is 0.257 e. The third-order valence-corrected chi connectivity index (χ3v) is 10.6. The van der Waals surface area contributed by atoms with Crippen LogP contribution in [0.5, 0.6) is 0 Å². The molecule has 0 radical (unpaired) electrons. The number of aromatic nitrogens is 1. The van der Waals surface area contributed by atoms with Crippen molar-refractivity contribution in [1.29, 1.82) is 0 Å². The van der Waals surface area contributed by atoms with Crippen molar-refractivity contribution in [3.63, 3.8) is 0 Å². The Kier molecular flexibility index (Phi) is 10.7. The minimum Gasteiger partial charge on any atom is -0.378 e. The Bertz CT molecular complexity index is 1850. The summed E-state index contributed by atoms with van der Waals surface area (Å²) >= 11 is 1.40.